The highest BCUT2D eigenvalue weighted by molar-refractivity contribution is 7.12. The summed E-state index contributed by atoms with van der Waals surface area (Å²) in [5.74, 6) is 0.921. The van der Waals surface area contributed by atoms with Crippen molar-refractivity contribution < 1.29 is 9.53 Å². The lowest BCUT2D eigenvalue weighted by Gasteiger charge is -2.32. The molecule has 2 aromatic heterocycles. The predicted molar refractivity (Wildman–Crippen MR) is 87.4 cm³/mol. The molecule has 1 aliphatic rings. The van der Waals surface area contributed by atoms with Crippen molar-refractivity contribution in [2.45, 2.75) is 19.6 Å². The molecule has 1 N–H and O–H groups in total. The molecule has 1 saturated heterocycles. The van der Waals surface area contributed by atoms with Gasteiger partial charge in [0, 0.05) is 25.8 Å². The van der Waals surface area contributed by atoms with Crippen LogP contribution in [-0.4, -0.2) is 36.7 Å². The number of hydrogen-bond donors (Lipinski definition) is 1. The molecular weight excluding hydrogens is 298 g/mol. The van der Waals surface area contributed by atoms with Crippen molar-refractivity contribution in [2.75, 3.05) is 24.6 Å². The first kappa shape index (κ1) is 15.0. The molecule has 2 aromatic rings. The Hall–Kier alpha value is -1.92. The summed E-state index contributed by atoms with van der Waals surface area (Å²) < 4.78 is 5.54. The van der Waals surface area contributed by atoms with Gasteiger partial charge >= 0.3 is 0 Å². The topological polar surface area (TPSA) is 54.5 Å². The summed E-state index contributed by atoms with van der Waals surface area (Å²) in [5.41, 5.74) is 0.995. The van der Waals surface area contributed by atoms with Crippen LogP contribution >= 0.6 is 11.3 Å². The zero-order valence-corrected chi connectivity index (χ0v) is 13.3. The monoisotopic (exact) mass is 317 g/mol. The number of carbonyl (C=O) groups excluding carboxylic acids is 1. The van der Waals surface area contributed by atoms with Gasteiger partial charge in [-0.05, 0) is 30.0 Å². The summed E-state index contributed by atoms with van der Waals surface area (Å²) in [4.78, 5) is 19.3. The summed E-state index contributed by atoms with van der Waals surface area (Å²) in [7, 11) is 0. The Morgan fingerprint density at radius 3 is 3.09 bits per heavy atom. The minimum absolute atomic E-state index is 0.0407. The third-order valence-electron chi connectivity index (χ3n) is 3.57. The molecule has 1 atom stereocenters. The van der Waals surface area contributed by atoms with E-state index in [1.807, 2.05) is 35.8 Å². The molecule has 0 spiro atoms. The summed E-state index contributed by atoms with van der Waals surface area (Å²) in [5, 5.41) is 4.80. The number of rotatable bonds is 4. The van der Waals surface area contributed by atoms with Crippen molar-refractivity contribution >= 4 is 23.1 Å². The van der Waals surface area contributed by atoms with Crippen molar-refractivity contribution in [1.29, 1.82) is 0 Å². The van der Waals surface area contributed by atoms with Gasteiger partial charge in [0.15, 0.2) is 0 Å². The van der Waals surface area contributed by atoms with Crippen LogP contribution in [0.5, 0.6) is 0 Å². The van der Waals surface area contributed by atoms with Crippen molar-refractivity contribution in [2.24, 2.45) is 0 Å². The fraction of sp³-hybridized carbons (Fsp3) is 0.375. The van der Waals surface area contributed by atoms with Crippen LogP contribution in [0.15, 0.2) is 35.8 Å². The van der Waals surface area contributed by atoms with Gasteiger partial charge in [0.1, 0.15) is 5.82 Å². The van der Waals surface area contributed by atoms with Gasteiger partial charge in [0.25, 0.3) is 5.91 Å². The Labute approximate surface area is 133 Å². The van der Waals surface area contributed by atoms with Gasteiger partial charge in [0.05, 0.1) is 17.6 Å². The molecule has 6 heteroatoms. The molecule has 0 bridgehead atoms. The van der Waals surface area contributed by atoms with E-state index in [9.17, 15) is 4.79 Å². The van der Waals surface area contributed by atoms with Crippen molar-refractivity contribution in [3.8, 4) is 0 Å². The van der Waals surface area contributed by atoms with Gasteiger partial charge in [-0.15, -0.1) is 11.3 Å². The Balaban J connectivity index is 1.56. The van der Waals surface area contributed by atoms with Gasteiger partial charge in [-0.2, -0.15) is 0 Å². The summed E-state index contributed by atoms with van der Waals surface area (Å²) in [6.07, 6.45) is 2.06. The smallest absolute Gasteiger partial charge is 0.261 e. The van der Waals surface area contributed by atoms with Crippen LogP contribution in [0.25, 0.3) is 0 Å². The molecule has 3 heterocycles. The molecule has 116 valence electrons. The highest BCUT2D eigenvalue weighted by Gasteiger charge is 2.17. The summed E-state index contributed by atoms with van der Waals surface area (Å²) in [6, 6.07) is 7.71. The number of nitrogens with zero attached hydrogens (tertiary/aromatic N) is 2. The minimum atomic E-state index is -0.0407. The maximum atomic E-state index is 11.9. The summed E-state index contributed by atoms with van der Waals surface area (Å²) in [6.45, 7) is 5.03. The van der Waals surface area contributed by atoms with Crippen LogP contribution in [0, 0.1) is 0 Å². The van der Waals surface area contributed by atoms with Crippen LogP contribution in [-0.2, 0) is 11.3 Å². The molecule has 1 aliphatic heterocycles. The first-order valence-corrected chi connectivity index (χ1v) is 8.23. The maximum Gasteiger partial charge on any atom is 0.261 e. The van der Waals surface area contributed by atoms with E-state index in [0.29, 0.717) is 6.54 Å². The molecule has 0 radical (unpaired) electrons. The molecule has 22 heavy (non-hydrogen) atoms. The van der Waals surface area contributed by atoms with E-state index in [1.165, 1.54) is 11.3 Å². The number of pyridine rings is 1. The molecule has 0 aliphatic carbocycles. The summed E-state index contributed by atoms with van der Waals surface area (Å²) >= 11 is 1.44. The molecule has 1 fully saturated rings. The van der Waals surface area contributed by atoms with Gasteiger partial charge in [-0.25, -0.2) is 4.98 Å². The van der Waals surface area contributed by atoms with E-state index in [1.54, 1.807) is 0 Å². The second kappa shape index (κ2) is 6.89. The molecule has 5 nitrogen and oxygen atoms in total. The Kier molecular flexibility index (Phi) is 4.70. The number of thiophene rings is 1. The minimum Gasteiger partial charge on any atom is -0.375 e. The standard InChI is InChI=1S/C16H19N3O2S/c1-12-11-19(6-7-21-12)15-5-4-13(9-17-15)10-18-16(20)14-3-2-8-22-14/h2-5,8-9,12H,6-7,10-11H2,1H3,(H,18,20)/t12-/m0/s1. The van der Waals surface area contributed by atoms with Crippen LogP contribution in [0.1, 0.15) is 22.2 Å². The molecule has 1 amide bonds. The second-order valence-corrected chi connectivity index (χ2v) is 6.26. The van der Waals surface area contributed by atoms with Crippen LogP contribution in [0.4, 0.5) is 5.82 Å². The molecular formula is C16H19N3O2S. The molecule has 0 unspecified atom stereocenters. The van der Waals surface area contributed by atoms with Crippen molar-refractivity contribution in [1.82, 2.24) is 10.3 Å². The largest absolute Gasteiger partial charge is 0.375 e. The van der Waals surface area contributed by atoms with Gasteiger partial charge in [-0.3, -0.25) is 4.79 Å². The van der Waals surface area contributed by atoms with Crippen molar-refractivity contribution in [3.63, 3.8) is 0 Å². The number of carbonyl (C=O) groups is 1. The molecule has 0 saturated carbocycles. The average Bonchev–Trinajstić information content (AvgIpc) is 3.08. The normalized spacial score (nSPS) is 18.2. The first-order chi connectivity index (χ1) is 10.7. The molecule has 0 aromatic carbocycles. The lowest BCUT2D eigenvalue weighted by atomic mass is 10.2. The van der Waals surface area contributed by atoms with E-state index in [-0.39, 0.29) is 12.0 Å². The van der Waals surface area contributed by atoms with E-state index in [0.717, 1.165) is 36.0 Å². The highest BCUT2D eigenvalue weighted by atomic mass is 32.1. The van der Waals surface area contributed by atoms with Crippen molar-refractivity contribution in [3.05, 3.63) is 46.3 Å². The number of amides is 1. The fourth-order valence-corrected chi connectivity index (χ4v) is 3.05. The quantitative estimate of drug-likeness (QED) is 0.940. The number of aromatic nitrogens is 1. The fourth-order valence-electron chi connectivity index (χ4n) is 2.41. The highest BCUT2D eigenvalue weighted by Crippen LogP contribution is 2.15. The SMILES string of the molecule is C[C@H]1CN(c2ccc(CNC(=O)c3cccs3)cn2)CCO1. The van der Waals surface area contributed by atoms with E-state index >= 15 is 0 Å². The van der Waals surface area contributed by atoms with E-state index in [2.05, 4.69) is 22.1 Å². The third kappa shape index (κ3) is 3.64. The number of hydrogen-bond acceptors (Lipinski definition) is 5. The van der Waals surface area contributed by atoms with Crippen LogP contribution < -0.4 is 10.2 Å². The second-order valence-electron chi connectivity index (χ2n) is 5.31. The lowest BCUT2D eigenvalue weighted by molar-refractivity contribution is 0.0529. The zero-order chi connectivity index (χ0) is 15.4. The number of ether oxygens (including phenoxy) is 1. The first-order valence-electron chi connectivity index (χ1n) is 7.35. The zero-order valence-electron chi connectivity index (χ0n) is 12.5. The van der Waals surface area contributed by atoms with Gasteiger partial charge < -0.3 is 15.0 Å². The lowest BCUT2D eigenvalue weighted by Crippen LogP contribution is -2.41. The Morgan fingerprint density at radius 1 is 1.50 bits per heavy atom. The van der Waals surface area contributed by atoms with Crippen LogP contribution in [0.2, 0.25) is 0 Å². The average molecular weight is 317 g/mol. The van der Waals surface area contributed by atoms with Gasteiger partial charge in [0.2, 0.25) is 0 Å². The van der Waals surface area contributed by atoms with E-state index in [4.69, 9.17) is 4.74 Å². The number of anilines is 1. The van der Waals surface area contributed by atoms with Crippen LogP contribution in [0.3, 0.4) is 0 Å². The van der Waals surface area contributed by atoms with E-state index < -0.39 is 0 Å². The molecule has 3 rings (SSSR count). The number of morpholine rings is 1. The number of nitrogens with one attached hydrogen (secondary N) is 1. The van der Waals surface area contributed by atoms with Gasteiger partial charge in [-0.1, -0.05) is 12.1 Å². The Morgan fingerprint density at radius 2 is 2.41 bits per heavy atom. The third-order valence-corrected chi connectivity index (χ3v) is 4.44. The predicted octanol–water partition coefficient (Wildman–Crippen LogP) is 2.30. The maximum absolute atomic E-state index is 11.9. The Bertz CT molecular complexity index is 613.